The molecule has 0 aliphatic rings. The van der Waals surface area contributed by atoms with Gasteiger partial charge >= 0.3 is 6.01 Å². The average Bonchev–Trinajstić information content (AvgIpc) is 3.28. The Balaban J connectivity index is 1.45. The van der Waals surface area contributed by atoms with Gasteiger partial charge in [-0.15, -0.1) is 5.10 Å². The van der Waals surface area contributed by atoms with Gasteiger partial charge in [0.25, 0.3) is 5.91 Å². The Kier molecular flexibility index (Phi) is 5.95. The molecule has 0 fully saturated rings. The van der Waals surface area contributed by atoms with E-state index in [9.17, 15) is 9.59 Å². The third-order valence-electron chi connectivity index (χ3n) is 4.32. The Hall–Kier alpha value is -4.52. The van der Waals surface area contributed by atoms with Gasteiger partial charge in [-0.25, -0.2) is 0 Å². The molecule has 2 amide bonds. The molecule has 0 radical (unpaired) electrons. The Morgan fingerprint density at radius 3 is 2.23 bits per heavy atom. The molecule has 152 valence electrons. The highest BCUT2D eigenvalue weighted by Gasteiger charge is 2.16. The van der Waals surface area contributed by atoms with Gasteiger partial charge in [0, 0.05) is 11.6 Å². The number of nitrogens with one attached hydrogen (secondary N) is 2. The number of para-hydroxylation sites is 1. The van der Waals surface area contributed by atoms with E-state index in [1.165, 1.54) is 6.08 Å². The summed E-state index contributed by atoms with van der Waals surface area (Å²) in [6.07, 6.45) is 3.11. The summed E-state index contributed by atoms with van der Waals surface area (Å²) in [6, 6.07) is 25.3. The lowest BCUT2D eigenvalue weighted by atomic mass is 10.1. The van der Waals surface area contributed by atoms with Crippen molar-refractivity contribution in [3.63, 3.8) is 0 Å². The average molecular weight is 410 g/mol. The van der Waals surface area contributed by atoms with E-state index < -0.39 is 5.91 Å². The zero-order valence-electron chi connectivity index (χ0n) is 16.4. The number of hydrogen-bond donors (Lipinski definition) is 2. The van der Waals surface area contributed by atoms with Gasteiger partial charge in [0.1, 0.15) is 0 Å². The van der Waals surface area contributed by atoms with Crippen LogP contribution < -0.4 is 10.6 Å². The van der Waals surface area contributed by atoms with E-state index in [2.05, 4.69) is 20.8 Å². The van der Waals surface area contributed by atoms with E-state index in [0.717, 1.165) is 11.1 Å². The van der Waals surface area contributed by atoms with Crippen LogP contribution in [0.15, 0.2) is 95.4 Å². The smallest absolute Gasteiger partial charge is 0.322 e. The van der Waals surface area contributed by atoms with Crippen LogP contribution in [0.4, 0.5) is 11.7 Å². The zero-order chi connectivity index (χ0) is 21.5. The second-order valence-electron chi connectivity index (χ2n) is 6.51. The molecule has 2 N–H and O–H groups in total. The summed E-state index contributed by atoms with van der Waals surface area (Å²) in [5.74, 6) is -0.539. The molecule has 0 spiro atoms. The zero-order valence-corrected chi connectivity index (χ0v) is 16.4. The molecule has 4 rings (SSSR count). The predicted molar refractivity (Wildman–Crippen MR) is 118 cm³/mol. The Bertz CT molecular complexity index is 1220. The van der Waals surface area contributed by atoms with E-state index >= 15 is 0 Å². The third kappa shape index (κ3) is 5.10. The minimum atomic E-state index is -0.480. The van der Waals surface area contributed by atoms with E-state index in [4.69, 9.17) is 4.42 Å². The summed E-state index contributed by atoms with van der Waals surface area (Å²) >= 11 is 0. The molecule has 4 aromatic rings. The van der Waals surface area contributed by atoms with Gasteiger partial charge < -0.3 is 9.73 Å². The van der Waals surface area contributed by atoms with Crippen molar-refractivity contribution in [1.29, 1.82) is 0 Å². The quantitative estimate of drug-likeness (QED) is 0.451. The highest BCUT2D eigenvalue weighted by atomic mass is 16.4. The molecule has 1 heterocycles. The van der Waals surface area contributed by atoms with Crippen molar-refractivity contribution in [3.8, 4) is 11.5 Å². The Labute approximate surface area is 178 Å². The summed E-state index contributed by atoms with van der Waals surface area (Å²) in [5.41, 5.74) is 2.27. The van der Waals surface area contributed by atoms with Crippen molar-refractivity contribution < 1.29 is 14.0 Å². The molecular formula is C24H18N4O3. The van der Waals surface area contributed by atoms with Gasteiger partial charge in [0.15, 0.2) is 0 Å². The maximum atomic E-state index is 12.7. The number of carbonyl (C=O) groups excluding carboxylic acids is 2. The van der Waals surface area contributed by atoms with E-state index in [-0.39, 0.29) is 17.5 Å². The van der Waals surface area contributed by atoms with Crippen LogP contribution in [-0.4, -0.2) is 22.0 Å². The summed E-state index contributed by atoms with van der Waals surface area (Å²) in [4.78, 5) is 25.0. The first-order valence-corrected chi connectivity index (χ1v) is 9.52. The minimum Gasteiger partial charge on any atom is -0.403 e. The summed E-state index contributed by atoms with van der Waals surface area (Å²) in [7, 11) is 0. The topological polar surface area (TPSA) is 97.1 Å². The van der Waals surface area contributed by atoms with Crippen LogP contribution >= 0.6 is 0 Å². The van der Waals surface area contributed by atoms with Crippen LogP contribution in [0, 0.1) is 0 Å². The van der Waals surface area contributed by atoms with Gasteiger partial charge in [0.2, 0.25) is 11.8 Å². The van der Waals surface area contributed by atoms with Crippen LogP contribution in [0.3, 0.4) is 0 Å². The summed E-state index contributed by atoms with van der Waals surface area (Å²) in [5, 5.41) is 13.1. The van der Waals surface area contributed by atoms with Crippen LogP contribution in [-0.2, 0) is 4.79 Å². The number of amides is 2. The monoisotopic (exact) mass is 410 g/mol. The molecule has 31 heavy (non-hydrogen) atoms. The highest BCUT2D eigenvalue weighted by Crippen LogP contribution is 2.21. The Morgan fingerprint density at radius 2 is 1.45 bits per heavy atom. The van der Waals surface area contributed by atoms with Crippen molar-refractivity contribution in [2.75, 3.05) is 10.6 Å². The van der Waals surface area contributed by atoms with E-state index in [0.29, 0.717) is 11.6 Å². The van der Waals surface area contributed by atoms with Gasteiger partial charge in [-0.2, -0.15) is 0 Å². The first-order chi connectivity index (χ1) is 15.2. The maximum absolute atomic E-state index is 12.7. The van der Waals surface area contributed by atoms with E-state index in [1.807, 2.05) is 60.7 Å². The first-order valence-electron chi connectivity index (χ1n) is 9.52. The second kappa shape index (κ2) is 9.32. The lowest BCUT2D eigenvalue weighted by Gasteiger charge is -2.08. The molecule has 7 heteroatoms. The third-order valence-corrected chi connectivity index (χ3v) is 4.32. The van der Waals surface area contributed by atoms with Crippen LogP contribution in [0.25, 0.3) is 17.5 Å². The molecule has 0 bridgehead atoms. The van der Waals surface area contributed by atoms with Crippen molar-refractivity contribution in [1.82, 2.24) is 10.2 Å². The SMILES string of the molecule is O=C(/C=C/c1ccccc1)Nc1ccccc1C(=O)Nc1nnc(-c2ccccc2)o1. The number of anilines is 2. The van der Waals surface area contributed by atoms with Crippen molar-refractivity contribution in [2.24, 2.45) is 0 Å². The molecule has 0 aliphatic carbocycles. The fourth-order valence-electron chi connectivity index (χ4n) is 2.84. The fraction of sp³-hybridized carbons (Fsp3) is 0. The summed E-state index contributed by atoms with van der Waals surface area (Å²) < 4.78 is 5.52. The number of nitrogens with zero attached hydrogens (tertiary/aromatic N) is 2. The molecule has 0 unspecified atom stereocenters. The van der Waals surface area contributed by atoms with Crippen molar-refractivity contribution in [2.45, 2.75) is 0 Å². The highest BCUT2D eigenvalue weighted by molar-refractivity contribution is 6.11. The number of benzene rings is 3. The van der Waals surface area contributed by atoms with Crippen LogP contribution in [0.5, 0.6) is 0 Å². The molecule has 0 saturated carbocycles. The lowest BCUT2D eigenvalue weighted by molar-refractivity contribution is -0.111. The molecule has 0 atom stereocenters. The second-order valence-corrected chi connectivity index (χ2v) is 6.51. The van der Waals surface area contributed by atoms with Gasteiger partial charge in [-0.05, 0) is 35.9 Å². The number of carbonyl (C=O) groups is 2. The maximum Gasteiger partial charge on any atom is 0.322 e. The van der Waals surface area contributed by atoms with Gasteiger partial charge in [0.05, 0.1) is 11.3 Å². The van der Waals surface area contributed by atoms with Gasteiger partial charge in [-0.1, -0.05) is 65.8 Å². The Morgan fingerprint density at radius 1 is 0.774 bits per heavy atom. The number of aromatic nitrogens is 2. The molecular weight excluding hydrogens is 392 g/mol. The molecule has 0 saturated heterocycles. The van der Waals surface area contributed by atoms with Crippen molar-refractivity contribution in [3.05, 3.63) is 102 Å². The minimum absolute atomic E-state index is 0.0334. The molecule has 3 aromatic carbocycles. The normalized spacial score (nSPS) is 10.7. The fourth-order valence-corrected chi connectivity index (χ4v) is 2.84. The lowest BCUT2D eigenvalue weighted by Crippen LogP contribution is -2.17. The van der Waals surface area contributed by atoms with Crippen molar-refractivity contribution >= 4 is 29.6 Å². The standard InChI is InChI=1S/C24H18N4O3/c29-21(16-15-17-9-3-1-4-10-17)25-20-14-8-7-13-19(20)22(30)26-24-28-27-23(31-24)18-11-5-2-6-12-18/h1-16H,(H,25,29)(H,26,28,30)/b16-15+. The molecule has 1 aromatic heterocycles. The van der Waals surface area contributed by atoms with Gasteiger partial charge in [-0.3, -0.25) is 14.9 Å². The predicted octanol–water partition coefficient (Wildman–Crippen LogP) is 4.64. The molecule has 0 aliphatic heterocycles. The largest absolute Gasteiger partial charge is 0.403 e. The number of hydrogen-bond acceptors (Lipinski definition) is 5. The molecule has 7 nitrogen and oxygen atoms in total. The van der Waals surface area contributed by atoms with E-state index in [1.54, 1.807) is 30.3 Å². The first kappa shape index (κ1) is 19.8. The van der Waals surface area contributed by atoms with Crippen LogP contribution in [0.1, 0.15) is 15.9 Å². The van der Waals surface area contributed by atoms with Crippen LogP contribution in [0.2, 0.25) is 0 Å². The number of rotatable bonds is 6. The summed E-state index contributed by atoms with van der Waals surface area (Å²) in [6.45, 7) is 0.